The minimum atomic E-state index is -4.14. The number of anilines is 1. The normalized spacial score (nSPS) is 13.1. The van der Waals surface area contributed by atoms with Gasteiger partial charge in [-0.15, -0.1) is 10.2 Å². The molecule has 38 heavy (non-hydrogen) atoms. The molecule has 3 heterocycles. The van der Waals surface area contributed by atoms with Crippen LogP contribution in [0.15, 0.2) is 49.1 Å². The number of sulfonamides is 1. The SMILES string of the molecule is COc1cccc(OC)c1-n1c(NS(=O)(=O)C(C)[C@H](OC)c2ncc(Cl)cn2)nnc1-c1cncc(C)c1. The molecule has 0 aliphatic rings. The van der Waals surface area contributed by atoms with Crippen molar-refractivity contribution in [3.8, 4) is 28.6 Å². The largest absolute Gasteiger partial charge is 0.494 e. The number of aryl methyl sites for hydroxylation is 1. The first kappa shape index (κ1) is 27.2. The topological polar surface area (TPSA) is 143 Å². The summed E-state index contributed by atoms with van der Waals surface area (Å²) in [7, 11) is 0.232. The van der Waals surface area contributed by atoms with E-state index < -0.39 is 21.4 Å². The molecule has 0 fully saturated rings. The first-order chi connectivity index (χ1) is 18.2. The summed E-state index contributed by atoms with van der Waals surface area (Å²) < 4.78 is 47.9. The van der Waals surface area contributed by atoms with Crippen molar-refractivity contribution in [3.05, 3.63) is 65.5 Å². The van der Waals surface area contributed by atoms with E-state index in [2.05, 4.69) is 29.9 Å². The Bertz CT molecular complexity index is 1510. The Hall–Kier alpha value is -3.81. The van der Waals surface area contributed by atoms with Crippen LogP contribution in [0.4, 0.5) is 5.95 Å². The highest BCUT2D eigenvalue weighted by Gasteiger charge is 2.35. The fourth-order valence-corrected chi connectivity index (χ4v) is 5.07. The number of halogens is 1. The summed E-state index contributed by atoms with van der Waals surface area (Å²) in [5.41, 5.74) is 1.88. The summed E-state index contributed by atoms with van der Waals surface area (Å²) in [5.74, 6) is 1.20. The molecule has 0 amide bonds. The maximum absolute atomic E-state index is 13.6. The maximum atomic E-state index is 13.6. The molecule has 0 bridgehead atoms. The predicted octanol–water partition coefficient (Wildman–Crippen LogP) is 3.62. The van der Waals surface area contributed by atoms with Crippen LogP contribution in [0.5, 0.6) is 11.5 Å². The van der Waals surface area contributed by atoms with E-state index in [1.165, 1.54) is 45.2 Å². The van der Waals surface area contributed by atoms with Crippen LogP contribution in [0.3, 0.4) is 0 Å². The summed E-state index contributed by atoms with van der Waals surface area (Å²) in [6.07, 6.45) is 5.05. The van der Waals surface area contributed by atoms with Crippen molar-refractivity contribution in [2.75, 3.05) is 26.1 Å². The van der Waals surface area contributed by atoms with Crippen molar-refractivity contribution in [1.82, 2.24) is 29.7 Å². The molecule has 0 aliphatic carbocycles. The summed E-state index contributed by atoms with van der Waals surface area (Å²) >= 11 is 5.88. The van der Waals surface area contributed by atoms with Crippen LogP contribution in [0, 0.1) is 6.92 Å². The van der Waals surface area contributed by atoms with Crippen molar-refractivity contribution < 1.29 is 22.6 Å². The number of pyridine rings is 1. The minimum Gasteiger partial charge on any atom is -0.494 e. The zero-order valence-electron chi connectivity index (χ0n) is 21.3. The van der Waals surface area contributed by atoms with Gasteiger partial charge in [-0.25, -0.2) is 18.4 Å². The molecule has 14 heteroatoms. The van der Waals surface area contributed by atoms with Crippen LogP contribution in [0.1, 0.15) is 24.4 Å². The summed E-state index contributed by atoms with van der Waals surface area (Å²) in [4.78, 5) is 12.5. The second-order valence-electron chi connectivity index (χ2n) is 8.21. The van der Waals surface area contributed by atoms with Gasteiger partial charge in [0, 0.05) is 37.5 Å². The van der Waals surface area contributed by atoms with Crippen LogP contribution in [-0.4, -0.2) is 64.7 Å². The maximum Gasteiger partial charge on any atom is 0.243 e. The average Bonchev–Trinajstić information content (AvgIpc) is 3.31. The molecule has 0 aliphatic heterocycles. The highest BCUT2D eigenvalue weighted by Crippen LogP contribution is 2.38. The summed E-state index contributed by atoms with van der Waals surface area (Å²) in [6.45, 7) is 3.36. The van der Waals surface area contributed by atoms with Crippen LogP contribution >= 0.6 is 11.6 Å². The van der Waals surface area contributed by atoms with E-state index in [-0.39, 0.29) is 11.8 Å². The van der Waals surface area contributed by atoms with E-state index in [0.29, 0.717) is 33.6 Å². The average molecular weight is 560 g/mol. The first-order valence-electron chi connectivity index (χ1n) is 11.3. The van der Waals surface area contributed by atoms with Crippen molar-refractivity contribution in [2.24, 2.45) is 0 Å². The number of ether oxygens (including phenoxy) is 3. The van der Waals surface area contributed by atoms with Crippen molar-refractivity contribution in [3.63, 3.8) is 0 Å². The van der Waals surface area contributed by atoms with Gasteiger partial charge in [-0.2, -0.15) is 0 Å². The molecule has 4 rings (SSSR count). The van der Waals surface area contributed by atoms with Crippen LogP contribution in [-0.2, 0) is 14.8 Å². The van der Waals surface area contributed by atoms with Gasteiger partial charge in [0.05, 0.1) is 19.2 Å². The third-order valence-corrected chi connectivity index (χ3v) is 7.61. The lowest BCUT2D eigenvalue weighted by molar-refractivity contribution is 0.0950. The molecule has 0 saturated heterocycles. The van der Waals surface area contributed by atoms with Gasteiger partial charge >= 0.3 is 0 Å². The van der Waals surface area contributed by atoms with Gasteiger partial charge in [-0.3, -0.25) is 14.3 Å². The zero-order valence-corrected chi connectivity index (χ0v) is 22.9. The molecule has 1 unspecified atom stereocenters. The number of hydrogen-bond donors (Lipinski definition) is 1. The van der Waals surface area contributed by atoms with Gasteiger partial charge < -0.3 is 14.2 Å². The van der Waals surface area contributed by atoms with E-state index in [1.54, 1.807) is 30.6 Å². The molecule has 3 aromatic heterocycles. The molecule has 0 saturated carbocycles. The van der Waals surface area contributed by atoms with Crippen molar-refractivity contribution in [1.29, 1.82) is 0 Å². The van der Waals surface area contributed by atoms with Crippen molar-refractivity contribution in [2.45, 2.75) is 25.2 Å². The first-order valence-corrected chi connectivity index (χ1v) is 13.2. The molecular weight excluding hydrogens is 534 g/mol. The monoisotopic (exact) mass is 559 g/mol. The van der Waals surface area contributed by atoms with Gasteiger partial charge in [0.15, 0.2) is 11.6 Å². The van der Waals surface area contributed by atoms with E-state index in [0.717, 1.165) is 5.56 Å². The fraction of sp³-hybridized carbons (Fsp3) is 0.292. The Morgan fingerprint density at radius 3 is 2.24 bits per heavy atom. The Morgan fingerprint density at radius 1 is 1.00 bits per heavy atom. The lowest BCUT2D eigenvalue weighted by Gasteiger charge is -2.22. The van der Waals surface area contributed by atoms with Crippen LogP contribution in [0.2, 0.25) is 5.02 Å². The van der Waals surface area contributed by atoms with Gasteiger partial charge in [0.1, 0.15) is 28.5 Å². The Balaban J connectivity index is 1.84. The molecule has 200 valence electrons. The Labute approximate surface area is 225 Å². The fourth-order valence-electron chi connectivity index (χ4n) is 3.84. The molecule has 1 N–H and O–H groups in total. The number of para-hydroxylation sites is 1. The number of rotatable bonds is 10. The van der Waals surface area contributed by atoms with Crippen LogP contribution in [0.25, 0.3) is 17.1 Å². The summed E-state index contributed by atoms with van der Waals surface area (Å²) in [6, 6.07) is 7.04. The zero-order chi connectivity index (χ0) is 27.4. The van der Waals surface area contributed by atoms with E-state index >= 15 is 0 Å². The lowest BCUT2D eigenvalue weighted by Crippen LogP contribution is -2.33. The van der Waals surface area contributed by atoms with Gasteiger partial charge in [-0.05, 0) is 37.6 Å². The van der Waals surface area contributed by atoms with Crippen LogP contribution < -0.4 is 14.2 Å². The number of nitrogens with one attached hydrogen (secondary N) is 1. The molecule has 0 spiro atoms. The Kier molecular flexibility index (Phi) is 8.09. The third-order valence-electron chi connectivity index (χ3n) is 5.72. The molecule has 4 aromatic rings. The number of hydrogen-bond acceptors (Lipinski definition) is 10. The molecule has 1 aromatic carbocycles. The second kappa shape index (κ2) is 11.3. The molecule has 0 radical (unpaired) electrons. The minimum absolute atomic E-state index is 0.0944. The van der Waals surface area contributed by atoms with E-state index in [4.69, 9.17) is 25.8 Å². The molecule has 12 nitrogen and oxygen atoms in total. The van der Waals surface area contributed by atoms with E-state index in [1.807, 2.05) is 13.0 Å². The molecular formula is C24H26ClN7O5S. The third kappa shape index (κ3) is 5.39. The number of methoxy groups -OCH3 is 3. The number of nitrogens with zero attached hydrogens (tertiary/aromatic N) is 6. The highest BCUT2D eigenvalue weighted by atomic mass is 35.5. The molecule has 2 atom stereocenters. The van der Waals surface area contributed by atoms with E-state index in [9.17, 15) is 8.42 Å². The highest BCUT2D eigenvalue weighted by molar-refractivity contribution is 7.93. The van der Waals surface area contributed by atoms with Gasteiger partial charge in [0.2, 0.25) is 16.0 Å². The smallest absolute Gasteiger partial charge is 0.243 e. The van der Waals surface area contributed by atoms with Crippen molar-refractivity contribution >= 4 is 27.6 Å². The van der Waals surface area contributed by atoms with Gasteiger partial charge in [-0.1, -0.05) is 17.7 Å². The number of benzene rings is 1. The Morgan fingerprint density at radius 2 is 1.66 bits per heavy atom. The quantitative estimate of drug-likeness (QED) is 0.306. The standard InChI is InChI=1S/C24H26ClN7O5S/c1-14-9-16(11-26-10-14)23-29-30-24(32(23)20-18(35-3)7-6-8-19(20)36-4)31-38(33,34)15(2)21(37-5)22-27-12-17(25)13-28-22/h6-13,15,21H,1-5H3,(H,30,31)/t15?,21-/m0/s1. The second-order valence-corrected chi connectivity index (χ2v) is 10.7. The lowest BCUT2D eigenvalue weighted by atomic mass is 10.2. The summed E-state index contributed by atoms with van der Waals surface area (Å²) in [5, 5.41) is 7.65. The number of aromatic nitrogens is 6. The predicted molar refractivity (Wildman–Crippen MR) is 141 cm³/mol. The van der Waals surface area contributed by atoms with Gasteiger partial charge in [0.25, 0.3) is 0 Å².